The number of aromatic nitrogens is 4. The van der Waals surface area contributed by atoms with Crippen molar-refractivity contribution in [3.8, 4) is 17.5 Å². The lowest BCUT2D eigenvalue weighted by Crippen LogP contribution is -2.18. The average Bonchev–Trinajstić information content (AvgIpc) is 3.38. The molecule has 0 saturated heterocycles. The Bertz CT molecular complexity index is 1270. The summed E-state index contributed by atoms with van der Waals surface area (Å²) in [6, 6.07) is 21.9. The minimum atomic E-state index is -0.218. The van der Waals surface area contributed by atoms with Crippen LogP contribution in [-0.4, -0.2) is 31.4 Å². The number of hydrogen-bond acceptors (Lipinski definition) is 5. The van der Waals surface area contributed by atoms with Gasteiger partial charge >= 0.3 is 0 Å². The fraction of sp³-hybridized carbons (Fsp3) is 0.167. The number of amides is 1. The van der Waals surface area contributed by atoms with E-state index in [1.165, 1.54) is 11.8 Å². The van der Waals surface area contributed by atoms with Crippen LogP contribution in [0.5, 0.6) is 0 Å². The Kier molecular flexibility index (Phi) is 6.38. The molecule has 160 valence electrons. The van der Waals surface area contributed by atoms with Crippen LogP contribution in [0.25, 0.3) is 11.4 Å². The first-order valence-corrected chi connectivity index (χ1v) is 11.1. The highest BCUT2D eigenvalue weighted by atomic mass is 32.2. The van der Waals surface area contributed by atoms with Gasteiger partial charge in [-0.2, -0.15) is 5.26 Å². The standard InChI is InChI=1S/C24H22N6OS/c1-16-17(2)30(14-18-9-5-3-6-10-18)23(20(16)13-25)26-21(31)15-32-24-27-22(28-29-24)19-11-7-4-8-12-19/h3-12H,14-15H2,1-2H3,(H,26,31)(H,27,28,29). The smallest absolute Gasteiger partial charge is 0.235 e. The van der Waals surface area contributed by atoms with Crippen molar-refractivity contribution in [1.82, 2.24) is 19.7 Å². The highest BCUT2D eigenvalue weighted by Crippen LogP contribution is 2.28. The van der Waals surface area contributed by atoms with Gasteiger partial charge in [0, 0.05) is 17.8 Å². The molecule has 8 heteroatoms. The lowest BCUT2D eigenvalue weighted by molar-refractivity contribution is -0.113. The number of H-pyrrole nitrogens is 1. The molecule has 0 radical (unpaired) electrons. The summed E-state index contributed by atoms with van der Waals surface area (Å²) in [5.41, 5.74) is 4.33. The first-order valence-electron chi connectivity index (χ1n) is 10.1. The third kappa shape index (κ3) is 4.58. The van der Waals surface area contributed by atoms with Gasteiger partial charge in [0.1, 0.15) is 11.9 Å². The molecule has 0 unspecified atom stereocenters. The van der Waals surface area contributed by atoms with Crippen LogP contribution in [0.2, 0.25) is 0 Å². The molecule has 4 aromatic rings. The fourth-order valence-electron chi connectivity index (χ4n) is 3.43. The average molecular weight is 443 g/mol. The Balaban J connectivity index is 1.48. The zero-order valence-corrected chi connectivity index (χ0v) is 18.6. The van der Waals surface area contributed by atoms with Gasteiger partial charge in [-0.3, -0.25) is 9.89 Å². The SMILES string of the molecule is Cc1c(C#N)c(NC(=O)CSc2n[nH]c(-c3ccccc3)n2)n(Cc2ccccc2)c1C. The van der Waals surface area contributed by atoms with E-state index in [-0.39, 0.29) is 11.7 Å². The van der Waals surface area contributed by atoms with Crippen molar-refractivity contribution in [1.29, 1.82) is 5.26 Å². The third-order valence-electron chi connectivity index (χ3n) is 5.23. The lowest BCUT2D eigenvalue weighted by Gasteiger charge is -2.13. The molecule has 0 aliphatic rings. The number of nitrogens with one attached hydrogen (secondary N) is 2. The van der Waals surface area contributed by atoms with Crippen LogP contribution in [0.15, 0.2) is 65.8 Å². The van der Waals surface area contributed by atoms with Gasteiger partial charge in [0.2, 0.25) is 11.1 Å². The van der Waals surface area contributed by atoms with Gasteiger partial charge in [-0.25, -0.2) is 4.98 Å². The Morgan fingerprint density at radius 1 is 1.12 bits per heavy atom. The van der Waals surface area contributed by atoms with Crippen LogP contribution in [0.1, 0.15) is 22.4 Å². The van der Waals surface area contributed by atoms with Crippen LogP contribution < -0.4 is 5.32 Å². The minimum Gasteiger partial charge on any atom is -0.326 e. The Labute approximate surface area is 190 Å². The largest absolute Gasteiger partial charge is 0.326 e. The maximum atomic E-state index is 12.7. The van der Waals surface area contributed by atoms with Crippen molar-refractivity contribution in [3.05, 3.63) is 83.0 Å². The number of aromatic amines is 1. The molecule has 0 fully saturated rings. The number of benzene rings is 2. The van der Waals surface area contributed by atoms with E-state index in [2.05, 4.69) is 26.6 Å². The summed E-state index contributed by atoms with van der Waals surface area (Å²) >= 11 is 1.24. The number of carbonyl (C=O) groups is 1. The molecule has 0 aliphatic carbocycles. The highest BCUT2D eigenvalue weighted by Gasteiger charge is 2.20. The monoisotopic (exact) mass is 442 g/mol. The molecule has 2 heterocycles. The summed E-state index contributed by atoms with van der Waals surface area (Å²) in [6.45, 7) is 4.43. The van der Waals surface area contributed by atoms with Crippen molar-refractivity contribution >= 4 is 23.5 Å². The minimum absolute atomic E-state index is 0.131. The second-order valence-electron chi connectivity index (χ2n) is 7.29. The van der Waals surface area contributed by atoms with E-state index in [1.54, 1.807) is 0 Å². The molecule has 0 aliphatic heterocycles. The van der Waals surface area contributed by atoms with Gasteiger partial charge in [-0.15, -0.1) is 5.10 Å². The number of nitriles is 1. The molecule has 7 nitrogen and oxygen atoms in total. The molecule has 0 bridgehead atoms. The molecule has 0 saturated carbocycles. The van der Waals surface area contributed by atoms with Crippen molar-refractivity contribution in [2.45, 2.75) is 25.5 Å². The molecule has 32 heavy (non-hydrogen) atoms. The zero-order chi connectivity index (χ0) is 22.5. The van der Waals surface area contributed by atoms with Crippen molar-refractivity contribution in [2.75, 3.05) is 11.1 Å². The Hall–Kier alpha value is -3.83. The Morgan fingerprint density at radius 2 is 1.81 bits per heavy atom. The van der Waals surface area contributed by atoms with Crippen LogP contribution in [-0.2, 0) is 11.3 Å². The van der Waals surface area contributed by atoms with E-state index >= 15 is 0 Å². The van der Waals surface area contributed by atoms with Gasteiger partial charge in [-0.1, -0.05) is 72.4 Å². The summed E-state index contributed by atoms with van der Waals surface area (Å²) in [6.07, 6.45) is 0. The first kappa shape index (κ1) is 21.4. The molecule has 4 rings (SSSR count). The van der Waals surface area contributed by atoms with Crippen LogP contribution in [0.4, 0.5) is 5.82 Å². The summed E-state index contributed by atoms with van der Waals surface area (Å²) in [5.74, 6) is 1.09. The van der Waals surface area contributed by atoms with Crippen LogP contribution in [0, 0.1) is 25.2 Å². The van der Waals surface area contributed by atoms with E-state index in [1.807, 2.05) is 79.1 Å². The normalized spacial score (nSPS) is 10.7. The molecule has 2 aromatic heterocycles. The number of carbonyl (C=O) groups excluding carboxylic acids is 1. The van der Waals surface area contributed by atoms with Gasteiger partial charge in [0.25, 0.3) is 0 Å². The summed E-state index contributed by atoms with van der Waals surface area (Å²) in [7, 11) is 0. The van der Waals surface area contributed by atoms with Crippen LogP contribution >= 0.6 is 11.8 Å². The van der Waals surface area contributed by atoms with Gasteiger partial charge in [-0.05, 0) is 25.0 Å². The number of thioether (sulfide) groups is 1. The predicted molar refractivity (Wildman–Crippen MR) is 125 cm³/mol. The zero-order valence-electron chi connectivity index (χ0n) is 17.8. The number of rotatable bonds is 7. The van der Waals surface area contributed by atoms with Crippen molar-refractivity contribution < 1.29 is 4.79 Å². The van der Waals surface area contributed by atoms with E-state index in [9.17, 15) is 10.1 Å². The summed E-state index contributed by atoms with van der Waals surface area (Å²) in [4.78, 5) is 17.2. The summed E-state index contributed by atoms with van der Waals surface area (Å²) in [5, 5.41) is 20.2. The van der Waals surface area contributed by atoms with E-state index < -0.39 is 0 Å². The third-order valence-corrected chi connectivity index (χ3v) is 6.07. The van der Waals surface area contributed by atoms with E-state index in [0.717, 1.165) is 22.4 Å². The van der Waals surface area contributed by atoms with Crippen molar-refractivity contribution in [3.63, 3.8) is 0 Å². The maximum absolute atomic E-state index is 12.7. The molecule has 1 amide bonds. The highest BCUT2D eigenvalue weighted by molar-refractivity contribution is 7.99. The number of hydrogen-bond donors (Lipinski definition) is 2. The Morgan fingerprint density at radius 3 is 2.50 bits per heavy atom. The van der Waals surface area contributed by atoms with E-state index in [4.69, 9.17) is 0 Å². The molecule has 0 atom stereocenters. The van der Waals surface area contributed by atoms with Gasteiger partial charge in [0.05, 0.1) is 11.3 Å². The molecule has 2 aromatic carbocycles. The maximum Gasteiger partial charge on any atom is 0.235 e. The number of nitrogens with zero attached hydrogens (tertiary/aromatic N) is 4. The molecule has 2 N–H and O–H groups in total. The molecular formula is C24H22N6OS. The van der Waals surface area contributed by atoms with Crippen LogP contribution in [0.3, 0.4) is 0 Å². The second-order valence-corrected chi connectivity index (χ2v) is 8.23. The van der Waals surface area contributed by atoms with Gasteiger partial charge < -0.3 is 9.88 Å². The topological polar surface area (TPSA) is 99.4 Å². The van der Waals surface area contributed by atoms with E-state index in [0.29, 0.717) is 28.9 Å². The molecule has 0 spiro atoms. The quantitative estimate of drug-likeness (QED) is 0.409. The van der Waals surface area contributed by atoms with Gasteiger partial charge in [0.15, 0.2) is 5.82 Å². The number of anilines is 1. The molecular weight excluding hydrogens is 420 g/mol. The predicted octanol–water partition coefficient (Wildman–Crippen LogP) is 4.54. The first-order chi connectivity index (χ1) is 15.6. The lowest BCUT2D eigenvalue weighted by atomic mass is 10.2. The summed E-state index contributed by atoms with van der Waals surface area (Å²) < 4.78 is 1.98. The second kappa shape index (κ2) is 9.54. The fourth-order valence-corrected chi connectivity index (χ4v) is 4.03. The van der Waals surface area contributed by atoms with Crippen molar-refractivity contribution in [2.24, 2.45) is 0 Å².